The zero-order chi connectivity index (χ0) is 12.9. The second kappa shape index (κ2) is 5.37. The molecule has 2 amide bonds. The average Bonchev–Trinajstić information content (AvgIpc) is 2.75. The van der Waals surface area contributed by atoms with Crippen LogP contribution in [0.1, 0.15) is 10.6 Å². The molecule has 0 aliphatic rings. The van der Waals surface area contributed by atoms with Crippen molar-refractivity contribution in [2.75, 3.05) is 13.1 Å². The van der Waals surface area contributed by atoms with Crippen LogP contribution in [0.15, 0.2) is 22.8 Å². The predicted octanol–water partition coefficient (Wildman–Crippen LogP) is 0.688. The van der Waals surface area contributed by atoms with Gasteiger partial charge in [-0.3, -0.25) is 9.59 Å². The summed E-state index contributed by atoms with van der Waals surface area (Å²) in [5.41, 5.74) is 0. The Labute approximate surface area is 94.0 Å². The number of hydrogen-bond acceptors (Lipinski definition) is 3. The van der Waals surface area contributed by atoms with Gasteiger partial charge in [-0.2, -0.15) is 13.2 Å². The van der Waals surface area contributed by atoms with E-state index < -0.39 is 18.0 Å². The Kier molecular flexibility index (Phi) is 4.13. The number of carbonyl (C=O) groups is 2. The van der Waals surface area contributed by atoms with E-state index in [9.17, 15) is 22.8 Å². The number of nitrogens with one attached hydrogen (secondary N) is 2. The van der Waals surface area contributed by atoms with E-state index in [1.807, 2.05) is 0 Å². The smallest absolute Gasteiger partial charge is 0.459 e. The third-order valence-electron chi connectivity index (χ3n) is 1.70. The van der Waals surface area contributed by atoms with E-state index in [0.29, 0.717) is 0 Å². The number of alkyl halides is 3. The highest BCUT2D eigenvalue weighted by Crippen LogP contribution is 2.13. The first-order valence-electron chi connectivity index (χ1n) is 4.58. The molecule has 0 bridgehead atoms. The fourth-order valence-corrected chi connectivity index (χ4v) is 0.947. The first-order chi connectivity index (χ1) is 7.91. The van der Waals surface area contributed by atoms with E-state index in [1.54, 1.807) is 5.32 Å². The molecule has 0 fully saturated rings. The zero-order valence-corrected chi connectivity index (χ0v) is 8.50. The van der Waals surface area contributed by atoms with Gasteiger partial charge in [0.25, 0.3) is 5.91 Å². The Morgan fingerprint density at radius 1 is 1.24 bits per heavy atom. The van der Waals surface area contributed by atoms with Crippen LogP contribution in [-0.2, 0) is 4.79 Å². The molecule has 94 valence electrons. The van der Waals surface area contributed by atoms with Crippen molar-refractivity contribution in [2.45, 2.75) is 6.18 Å². The Balaban J connectivity index is 2.21. The molecule has 1 aromatic heterocycles. The lowest BCUT2D eigenvalue weighted by atomic mass is 10.4. The first-order valence-corrected chi connectivity index (χ1v) is 4.58. The Hall–Kier alpha value is -1.99. The lowest BCUT2D eigenvalue weighted by Gasteiger charge is -2.07. The summed E-state index contributed by atoms with van der Waals surface area (Å²) in [6.07, 6.45) is -3.62. The normalized spacial score (nSPS) is 11.0. The molecule has 0 unspecified atom stereocenters. The molecule has 8 heteroatoms. The van der Waals surface area contributed by atoms with Crippen LogP contribution in [0.3, 0.4) is 0 Å². The van der Waals surface area contributed by atoms with Gasteiger partial charge in [-0.05, 0) is 12.1 Å². The van der Waals surface area contributed by atoms with Crippen LogP contribution in [0.2, 0.25) is 0 Å². The third kappa shape index (κ3) is 4.17. The van der Waals surface area contributed by atoms with Gasteiger partial charge in [0.1, 0.15) is 0 Å². The summed E-state index contributed by atoms with van der Waals surface area (Å²) in [4.78, 5) is 21.6. The Morgan fingerprint density at radius 3 is 2.41 bits per heavy atom. The van der Waals surface area contributed by atoms with Crippen molar-refractivity contribution in [2.24, 2.45) is 0 Å². The molecule has 0 aliphatic carbocycles. The molecule has 2 N–H and O–H groups in total. The highest BCUT2D eigenvalue weighted by molar-refractivity contribution is 5.91. The monoisotopic (exact) mass is 250 g/mol. The summed E-state index contributed by atoms with van der Waals surface area (Å²) >= 11 is 0. The maximum Gasteiger partial charge on any atom is 0.471 e. The van der Waals surface area contributed by atoms with Gasteiger partial charge in [0.15, 0.2) is 5.76 Å². The minimum absolute atomic E-state index is 0.0483. The van der Waals surface area contributed by atoms with Crippen molar-refractivity contribution in [3.05, 3.63) is 24.2 Å². The fourth-order valence-electron chi connectivity index (χ4n) is 0.947. The SMILES string of the molecule is O=C(NCCNC(=O)C(F)(F)F)c1ccco1. The quantitative estimate of drug-likeness (QED) is 0.772. The Morgan fingerprint density at radius 2 is 1.88 bits per heavy atom. The molecule has 1 aromatic rings. The van der Waals surface area contributed by atoms with Crippen LogP contribution in [0.25, 0.3) is 0 Å². The lowest BCUT2D eigenvalue weighted by molar-refractivity contribution is -0.173. The number of furan rings is 1. The highest BCUT2D eigenvalue weighted by Gasteiger charge is 2.38. The molecule has 0 saturated heterocycles. The molecular formula is C9H9F3N2O3. The minimum atomic E-state index is -4.91. The van der Waals surface area contributed by atoms with Gasteiger partial charge in [0.2, 0.25) is 0 Å². The van der Waals surface area contributed by atoms with Gasteiger partial charge in [-0.1, -0.05) is 0 Å². The first kappa shape index (κ1) is 13.1. The summed E-state index contributed by atoms with van der Waals surface area (Å²) < 4.78 is 40.0. The van der Waals surface area contributed by atoms with E-state index >= 15 is 0 Å². The topological polar surface area (TPSA) is 71.3 Å². The Bertz CT molecular complexity index is 387. The van der Waals surface area contributed by atoms with E-state index in [-0.39, 0.29) is 18.8 Å². The molecule has 0 spiro atoms. The molecule has 0 saturated carbocycles. The van der Waals surface area contributed by atoms with Crippen molar-refractivity contribution in [1.29, 1.82) is 0 Å². The maximum absolute atomic E-state index is 11.7. The van der Waals surface area contributed by atoms with Crippen LogP contribution < -0.4 is 10.6 Å². The average molecular weight is 250 g/mol. The molecule has 1 heterocycles. The van der Waals surface area contributed by atoms with Crippen molar-refractivity contribution in [3.63, 3.8) is 0 Å². The number of halogens is 3. The van der Waals surface area contributed by atoms with Crippen molar-refractivity contribution >= 4 is 11.8 Å². The number of carbonyl (C=O) groups excluding carboxylic acids is 2. The number of rotatable bonds is 4. The number of hydrogen-bond donors (Lipinski definition) is 2. The van der Waals surface area contributed by atoms with Gasteiger partial charge < -0.3 is 15.1 Å². The zero-order valence-electron chi connectivity index (χ0n) is 8.50. The molecule has 0 radical (unpaired) electrons. The van der Waals surface area contributed by atoms with Gasteiger partial charge in [-0.15, -0.1) is 0 Å². The molecule has 17 heavy (non-hydrogen) atoms. The highest BCUT2D eigenvalue weighted by atomic mass is 19.4. The van der Waals surface area contributed by atoms with Gasteiger partial charge in [0, 0.05) is 13.1 Å². The van der Waals surface area contributed by atoms with Crippen LogP contribution >= 0.6 is 0 Å². The maximum atomic E-state index is 11.7. The standard InChI is InChI=1S/C9H9F3N2O3/c10-9(11,12)8(16)14-4-3-13-7(15)6-2-1-5-17-6/h1-2,5H,3-4H2,(H,13,15)(H,14,16). The number of amides is 2. The molecular weight excluding hydrogens is 241 g/mol. The molecule has 1 rings (SSSR count). The van der Waals surface area contributed by atoms with Gasteiger partial charge >= 0.3 is 12.1 Å². The molecule has 0 atom stereocenters. The summed E-state index contributed by atoms with van der Waals surface area (Å²) in [6.45, 7) is -0.438. The minimum Gasteiger partial charge on any atom is -0.459 e. The van der Waals surface area contributed by atoms with E-state index in [1.165, 1.54) is 18.4 Å². The molecule has 0 aromatic carbocycles. The summed E-state index contributed by atoms with van der Waals surface area (Å²) in [5.74, 6) is -2.55. The summed E-state index contributed by atoms with van der Waals surface area (Å²) in [6, 6.07) is 2.91. The van der Waals surface area contributed by atoms with Gasteiger partial charge in [0.05, 0.1) is 6.26 Å². The van der Waals surface area contributed by atoms with Crippen molar-refractivity contribution < 1.29 is 27.2 Å². The van der Waals surface area contributed by atoms with Crippen molar-refractivity contribution in [3.8, 4) is 0 Å². The largest absolute Gasteiger partial charge is 0.471 e. The second-order valence-electron chi connectivity index (χ2n) is 2.99. The van der Waals surface area contributed by atoms with Crippen LogP contribution in [0.5, 0.6) is 0 Å². The summed E-state index contributed by atoms with van der Waals surface area (Å²) in [7, 11) is 0. The second-order valence-corrected chi connectivity index (χ2v) is 2.99. The van der Waals surface area contributed by atoms with Crippen LogP contribution in [0, 0.1) is 0 Å². The van der Waals surface area contributed by atoms with E-state index in [0.717, 1.165) is 0 Å². The van der Waals surface area contributed by atoms with Crippen molar-refractivity contribution in [1.82, 2.24) is 10.6 Å². The summed E-state index contributed by atoms with van der Waals surface area (Å²) in [5, 5.41) is 3.89. The van der Waals surface area contributed by atoms with Crippen LogP contribution in [0.4, 0.5) is 13.2 Å². The fraction of sp³-hybridized carbons (Fsp3) is 0.333. The lowest BCUT2D eigenvalue weighted by Crippen LogP contribution is -2.41. The van der Waals surface area contributed by atoms with E-state index in [2.05, 4.69) is 5.32 Å². The van der Waals surface area contributed by atoms with E-state index in [4.69, 9.17) is 4.42 Å². The van der Waals surface area contributed by atoms with Gasteiger partial charge in [-0.25, -0.2) is 0 Å². The third-order valence-corrected chi connectivity index (χ3v) is 1.70. The predicted molar refractivity (Wildman–Crippen MR) is 50.1 cm³/mol. The molecule has 0 aliphatic heterocycles. The molecule has 5 nitrogen and oxygen atoms in total. The van der Waals surface area contributed by atoms with Crippen LogP contribution in [-0.4, -0.2) is 31.1 Å².